The zero-order valence-corrected chi connectivity index (χ0v) is 24.6. The van der Waals surface area contributed by atoms with E-state index in [9.17, 15) is 0 Å². The number of rotatable bonds is 2. The molecule has 0 unspecified atom stereocenters. The molecular formula is C34H32SiZr-4. The Kier molecular flexibility index (Phi) is 15.1. The summed E-state index contributed by atoms with van der Waals surface area (Å²) in [7, 11) is 0. The fourth-order valence-electron chi connectivity index (χ4n) is 3.52. The third-order valence-corrected chi connectivity index (χ3v) is 5.39. The van der Waals surface area contributed by atoms with Gasteiger partial charge >= 0.3 is 30.2 Å². The van der Waals surface area contributed by atoms with E-state index in [1.54, 1.807) is 0 Å². The van der Waals surface area contributed by atoms with Crippen molar-refractivity contribution < 1.29 is 23.3 Å². The maximum absolute atomic E-state index is 3.06. The van der Waals surface area contributed by atoms with Gasteiger partial charge in [0, 0.05) is 0 Å². The Morgan fingerprint density at radius 2 is 0.917 bits per heavy atom. The largest absolute Gasteiger partial charge is 0.184 e. The van der Waals surface area contributed by atoms with E-state index in [1.807, 2.05) is 60.7 Å². The van der Waals surface area contributed by atoms with Crippen LogP contribution in [0.2, 0.25) is 0 Å². The van der Waals surface area contributed by atoms with Gasteiger partial charge in [0.2, 0.25) is 0 Å². The molecule has 0 amide bonds. The summed E-state index contributed by atoms with van der Waals surface area (Å²) in [6, 6.07) is 51.0. The predicted molar refractivity (Wildman–Crippen MR) is 154 cm³/mol. The van der Waals surface area contributed by atoms with Crippen LogP contribution in [0.15, 0.2) is 133 Å². The molecule has 0 saturated carbocycles. The van der Waals surface area contributed by atoms with Gasteiger partial charge in [0.1, 0.15) is 0 Å². The van der Waals surface area contributed by atoms with Crippen molar-refractivity contribution in [1.29, 1.82) is 0 Å². The summed E-state index contributed by atoms with van der Waals surface area (Å²) in [5.74, 6) is 0. The van der Waals surface area contributed by atoms with Gasteiger partial charge in [0.15, 0.2) is 0 Å². The van der Waals surface area contributed by atoms with Crippen molar-refractivity contribution in [3.8, 4) is 0 Å². The molecule has 6 aromatic rings. The molecular weight excluding hydrogens is 528 g/mol. The summed E-state index contributed by atoms with van der Waals surface area (Å²) in [6.45, 7) is 7.44. The van der Waals surface area contributed by atoms with Crippen LogP contribution < -0.4 is 0 Å². The average Bonchev–Trinajstić information content (AvgIpc) is 3.61. The van der Waals surface area contributed by atoms with Crippen molar-refractivity contribution >= 4 is 28.4 Å². The molecule has 6 rings (SSSR count). The second-order valence-corrected chi connectivity index (χ2v) is 7.85. The Balaban J connectivity index is 0.000000171. The number of fused-ring (bicyclic) bond motifs is 2. The number of hydrogen-bond donors (Lipinski definition) is 0. The Morgan fingerprint density at radius 1 is 0.556 bits per heavy atom. The van der Waals surface area contributed by atoms with Crippen molar-refractivity contribution in [2.75, 3.05) is 0 Å². The van der Waals surface area contributed by atoms with E-state index in [2.05, 4.69) is 106 Å². The number of benzene rings is 4. The minimum absolute atomic E-state index is 1.13. The van der Waals surface area contributed by atoms with Gasteiger partial charge in [-0.05, 0) is 12.8 Å². The molecule has 6 aromatic carbocycles. The second-order valence-electron chi connectivity index (χ2n) is 7.85. The van der Waals surface area contributed by atoms with Gasteiger partial charge in [-0.15, -0.1) is 81.2 Å². The van der Waals surface area contributed by atoms with Crippen molar-refractivity contribution in [3.63, 3.8) is 0 Å². The molecule has 2 heteroatoms. The Hall–Kier alpha value is -2.80. The van der Waals surface area contributed by atoms with Crippen LogP contribution in [-0.2, 0) is 36.2 Å². The van der Waals surface area contributed by atoms with E-state index in [4.69, 9.17) is 0 Å². The fraction of sp³-hybridized carbons (Fsp3) is 0.118. The third-order valence-electron chi connectivity index (χ3n) is 5.39. The van der Waals surface area contributed by atoms with Crippen LogP contribution in [0, 0.1) is 12.1 Å². The van der Waals surface area contributed by atoms with Crippen LogP contribution in [0.1, 0.15) is 25.0 Å². The first-order valence-electron chi connectivity index (χ1n) is 12.2. The molecule has 0 spiro atoms. The summed E-state index contributed by atoms with van der Waals surface area (Å²) in [5, 5.41) is 5.46. The molecule has 0 atom stereocenters. The molecule has 0 nitrogen and oxygen atoms in total. The van der Waals surface area contributed by atoms with Crippen LogP contribution in [0.4, 0.5) is 0 Å². The minimum atomic E-state index is 1.13. The molecule has 0 aliphatic carbocycles. The first-order valence-corrected chi connectivity index (χ1v) is 16.3. The van der Waals surface area contributed by atoms with Crippen molar-refractivity contribution in [1.82, 2.24) is 0 Å². The van der Waals surface area contributed by atoms with Crippen molar-refractivity contribution in [3.05, 3.63) is 157 Å². The van der Waals surface area contributed by atoms with Crippen molar-refractivity contribution in [2.45, 2.75) is 26.7 Å². The van der Waals surface area contributed by atoms with Crippen LogP contribution >= 0.6 is 0 Å². The van der Waals surface area contributed by atoms with E-state index in [1.165, 1.54) is 56.0 Å². The van der Waals surface area contributed by atoms with Crippen LogP contribution in [0.25, 0.3) is 21.5 Å². The molecule has 0 aliphatic heterocycles. The van der Waals surface area contributed by atoms with Gasteiger partial charge in [-0.2, -0.15) is 84.9 Å². The van der Waals surface area contributed by atoms with Gasteiger partial charge in [-0.3, -0.25) is 0 Å². The molecule has 2 radical (unpaired) electrons. The second kappa shape index (κ2) is 18.5. The summed E-state index contributed by atoms with van der Waals surface area (Å²) < 4.78 is 0. The quantitative estimate of drug-likeness (QED) is 0.147. The number of aryl methyl sites for hydroxylation is 2. The van der Waals surface area contributed by atoms with Crippen LogP contribution in [0.5, 0.6) is 0 Å². The molecule has 0 N–H and O–H groups in total. The average molecular weight is 560 g/mol. The molecule has 0 fully saturated rings. The summed E-state index contributed by atoms with van der Waals surface area (Å²) >= 11 is 1.36. The smallest absolute Gasteiger partial charge is 0.171 e. The minimum Gasteiger partial charge on any atom is -0.184 e. The molecule has 0 aliphatic rings. The normalized spacial score (nSPS) is 9.25. The maximum atomic E-state index is 3.06. The van der Waals surface area contributed by atoms with E-state index in [0.717, 1.165) is 12.8 Å². The zero-order valence-electron chi connectivity index (χ0n) is 21.1. The van der Waals surface area contributed by atoms with Gasteiger partial charge in [0.25, 0.3) is 0 Å². The SMILES string of the molecule is CCc1cc2ccccc2[cH-]1.CCc1cc2ccccc2[cH-]1.[Si]=[Zr].[c-]1ccccc1.[c-]1ccccc1. The standard InChI is InChI=1S/2C11H11.2C6H5.Si.Zr/c2*1-2-9-7-10-5-3-4-6-11(10)8-9;2*1-2-4-6-5-3-1;;/h2*3-8H,2H2,1H3;2*1-5H;;/q4*-1;;. The summed E-state index contributed by atoms with van der Waals surface area (Å²) in [5.41, 5.74) is 2.87. The van der Waals surface area contributed by atoms with E-state index >= 15 is 0 Å². The fourth-order valence-corrected chi connectivity index (χ4v) is 3.52. The Morgan fingerprint density at radius 3 is 1.17 bits per heavy atom. The first kappa shape index (κ1) is 29.4. The Labute approximate surface area is 233 Å². The van der Waals surface area contributed by atoms with E-state index in [-0.39, 0.29) is 0 Å². The zero-order chi connectivity index (χ0) is 25.8. The summed E-state index contributed by atoms with van der Waals surface area (Å²) in [6.07, 6.45) is 2.27. The van der Waals surface area contributed by atoms with Gasteiger partial charge in [0.05, 0.1) is 0 Å². The van der Waals surface area contributed by atoms with E-state index < -0.39 is 0 Å². The van der Waals surface area contributed by atoms with Crippen LogP contribution in [0.3, 0.4) is 0 Å². The van der Waals surface area contributed by atoms with Gasteiger partial charge < -0.3 is 0 Å². The Bertz CT molecular complexity index is 1110. The van der Waals surface area contributed by atoms with E-state index in [0.29, 0.717) is 0 Å². The predicted octanol–water partition coefficient (Wildman–Crippen LogP) is 8.83. The molecule has 180 valence electrons. The van der Waals surface area contributed by atoms with Crippen LogP contribution in [-0.4, -0.2) is 6.88 Å². The molecule has 36 heavy (non-hydrogen) atoms. The molecule has 0 aromatic heterocycles. The van der Waals surface area contributed by atoms with Gasteiger partial charge in [-0.1, -0.05) is 26.0 Å². The summed E-state index contributed by atoms with van der Waals surface area (Å²) in [4.78, 5) is 0. The molecule has 0 heterocycles. The van der Waals surface area contributed by atoms with Crippen molar-refractivity contribution in [2.24, 2.45) is 0 Å². The monoisotopic (exact) mass is 558 g/mol. The van der Waals surface area contributed by atoms with Gasteiger partial charge in [-0.25, -0.2) is 0 Å². The molecule has 0 saturated heterocycles. The molecule has 0 bridgehead atoms. The topological polar surface area (TPSA) is 0 Å². The maximum Gasteiger partial charge on any atom is -0.171 e. The first-order chi connectivity index (χ1) is 17.8. The third kappa shape index (κ3) is 10.9. The number of hydrogen-bond acceptors (Lipinski definition) is 0.